The van der Waals surface area contributed by atoms with Crippen LogP contribution in [0.25, 0.3) is 0 Å². The zero-order chi connectivity index (χ0) is 20.5. The molecule has 28 heavy (non-hydrogen) atoms. The molecule has 1 amide bonds. The summed E-state index contributed by atoms with van der Waals surface area (Å²) in [7, 11) is -3.58. The first-order valence-corrected chi connectivity index (χ1v) is 11.6. The zero-order valence-corrected chi connectivity index (χ0v) is 18.1. The highest BCUT2D eigenvalue weighted by molar-refractivity contribution is 7.89. The van der Waals surface area contributed by atoms with E-state index in [2.05, 4.69) is 28.4 Å². The number of hydrogen-bond donors (Lipinski definition) is 1. The standard InChI is InChI=1S/C20H32N4O3S/c1-5-22-8-10-23(11-9-22)16(3)14-21-28(26,27)19-6-7-20-18(13-19)12-15(2)24(20)17(4)25/h6-7,13,15-16,21H,5,8-12,14H2,1-4H3. The summed E-state index contributed by atoms with van der Waals surface area (Å²) < 4.78 is 28.4. The van der Waals surface area contributed by atoms with Crippen molar-refractivity contribution in [2.75, 3.05) is 44.2 Å². The highest BCUT2D eigenvalue weighted by Gasteiger charge is 2.30. The van der Waals surface area contributed by atoms with Crippen LogP contribution in [0.15, 0.2) is 23.1 Å². The maximum Gasteiger partial charge on any atom is 0.240 e. The number of carbonyl (C=O) groups is 1. The fraction of sp³-hybridized carbons (Fsp3) is 0.650. The fourth-order valence-electron chi connectivity index (χ4n) is 4.22. The van der Waals surface area contributed by atoms with Crippen LogP contribution in [-0.2, 0) is 21.2 Å². The van der Waals surface area contributed by atoms with E-state index >= 15 is 0 Å². The summed E-state index contributed by atoms with van der Waals surface area (Å²) in [6, 6.07) is 5.26. The molecule has 1 aromatic rings. The van der Waals surface area contributed by atoms with Crippen molar-refractivity contribution in [2.45, 2.75) is 51.1 Å². The Bertz CT molecular complexity index is 819. The van der Waals surface area contributed by atoms with Crippen molar-refractivity contribution in [2.24, 2.45) is 0 Å². The Morgan fingerprint density at radius 3 is 2.54 bits per heavy atom. The molecule has 2 atom stereocenters. The molecule has 0 spiro atoms. The molecular formula is C20H32N4O3S. The first kappa shape index (κ1) is 21.2. The molecule has 3 rings (SSSR count). The van der Waals surface area contributed by atoms with Crippen LogP contribution in [0.2, 0.25) is 0 Å². The lowest BCUT2D eigenvalue weighted by Gasteiger charge is -2.37. The lowest BCUT2D eigenvalue weighted by Crippen LogP contribution is -2.52. The highest BCUT2D eigenvalue weighted by atomic mass is 32.2. The maximum absolute atomic E-state index is 12.8. The molecule has 2 heterocycles. The largest absolute Gasteiger partial charge is 0.309 e. The zero-order valence-electron chi connectivity index (χ0n) is 17.3. The Labute approximate surface area is 168 Å². The van der Waals surface area contributed by atoms with Crippen molar-refractivity contribution in [3.8, 4) is 0 Å². The molecule has 0 radical (unpaired) electrons. The summed E-state index contributed by atoms with van der Waals surface area (Å²) in [6.45, 7) is 13.2. The van der Waals surface area contributed by atoms with Gasteiger partial charge in [0.05, 0.1) is 4.90 Å². The van der Waals surface area contributed by atoms with Gasteiger partial charge in [-0.05, 0) is 50.6 Å². The Morgan fingerprint density at radius 2 is 1.93 bits per heavy atom. The van der Waals surface area contributed by atoms with Crippen LogP contribution < -0.4 is 9.62 Å². The number of anilines is 1. The molecule has 0 bridgehead atoms. The fourth-order valence-corrected chi connectivity index (χ4v) is 5.39. The molecule has 0 aliphatic carbocycles. The number of rotatable bonds is 6. The minimum atomic E-state index is -3.58. The topological polar surface area (TPSA) is 73.0 Å². The van der Waals surface area contributed by atoms with E-state index < -0.39 is 10.0 Å². The minimum Gasteiger partial charge on any atom is -0.309 e. The van der Waals surface area contributed by atoms with Gasteiger partial charge in [-0.3, -0.25) is 9.69 Å². The highest BCUT2D eigenvalue weighted by Crippen LogP contribution is 2.33. The number of benzene rings is 1. The van der Waals surface area contributed by atoms with Crippen molar-refractivity contribution in [3.05, 3.63) is 23.8 Å². The number of hydrogen-bond acceptors (Lipinski definition) is 5. The molecule has 1 aromatic carbocycles. The molecule has 7 nitrogen and oxygen atoms in total. The van der Waals surface area contributed by atoms with E-state index in [1.807, 2.05) is 6.92 Å². The molecule has 0 aromatic heterocycles. The van der Waals surface area contributed by atoms with Crippen molar-refractivity contribution < 1.29 is 13.2 Å². The van der Waals surface area contributed by atoms with E-state index in [0.717, 1.165) is 44.0 Å². The molecule has 1 N–H and O–H groups in total. The molecule has 1 fully saturated rings. The monoisotopic (exact) mass is 408 g/mol. The SMILES string of the molecule is CCN1CCN(C(C)CNS(=O)(=O)c2ccc3c(c2)CC(C)N3C(C)=O)CC1. The van der Waals surface area contributed by atoms with Crippen LogP contribution >= 0.6 is 0 Å². The third-order valence-corrected chi connectivity index (χ3v) is 7.38. The van der Waals surface area contributed by atoms with E-state index in [1.165, 1.54) is 0 Å². The van der Waals surface area contributed by atoms with Gasteiger partial charge in [0.2, 0.25) is 15.9 Å². The second kappa shape index (κ2) is 8.49. The van der Waals surface area contributed by atoms with E-state index in [-0.39, 0.29) is 22.9 Å². The first-order chi connectivity index (χ1) is 13.2. The minimum absolute atomic E-state index is 0.0167. The van der Waals surface area contributed by atoms with Crippen LogP contribution in [0.5, 0.6) is 0 Å². The molecule has 1 saturated heterocycles. The number of nitrogens with one attached hydrogen (secondary N) is 1. The Kier molecular flexibility index (Phi) is 6.44. The molecular weight excluding hydrogens is 376 g/mol. The predicted octanol–water partition coefficient (Wildman–Crippen LogP) is 1.29. The number of carbonyl (C=O) groups excluding carboxylic acids is 1. The summed E-state index contributed by atoms with van der Waals surface area (Å²) in [5, 5.41) is 0. The average molecular weight is 409 g/mol. The quantitative estimate of drug-likeness (QED) is 0.768. The second-order valence-electron chi connectivity index (χ2n) is 7.90. The normalized spacial score (nSPS) is 22.3. The van der Waals surface area contributed by atoms with Gasteiger partial charge in [-0.1, -0.05) is 6.92 Å². The summed E-state index contributed by atoms with van der Waals surface area (Å²) >= 11 is 0. The Balaban J connectivity index is 1.64. The van der Waals surface area contributed by atoms with E-state index in [1.54, 1.807) is 30.0 Å². The van der Waals surface area contributed by atoms with Crippen LogP contribution in [0.4, 0.5) is 5.69 Å². The predicted molar refractivity (Wildman–Crippen MR) is 111 cm³/mol. The summed E-state index contributed by atoms with van der Waals surface area (Å²) in [5.74, 6) is -0.0167. The van der Waals surface area contributed by atoms with Gasteiger partial charge in [0.25, 0.3) is 0 Å². The average Bonchev–Trinajstić information content (AvgIpc) is 3.01. The van der Waals surface area contributed by atoms with Gasteiger partial charge in [-0.25, -0.2) is 13.1 Å². The number of likely N-dealkylation sites (N-methyl/N-ethyl adjacent to an activating group) is 1. The Morgan fingerprint density at radius 1 is 1.25 bits per heavy atom. The van der Waals surface area contributed by atoms with Gasteiger partial charge >= 0.3 is 0 Å². The van der Waals surface area contributed by atoms with Gasteiger partial charge in [0, 0.05) is 57.4 Å². The van der Waals surface area contributed by atoms with Crippen LogP contribution in [0.3, 0.4) is 0 Å². The number of sulfonamides is 1. The van der Waals surface area contributed by atoms with E-state index in [0.29, 0.717) is 13.0 Å². The molecule has 2 unspecified atom stereocenters. The third-order valence-electron chi connectivity index (χ3n) is 5.96. The number of nitrogens with zero attached hydrogens (tertiary/aromatic N) is 3. The lowest BCUT2D eigenvalue weighted by atomic mass is 10.1. The van der Waals surface area contributed by atoms with Crippen LogP contribution in [0, 0.1) is 0 Å². The third kappa shape index (κ3) is 4.40. The van der Waals surface area contributed by atoms with Crippen molar-refractivity contribution >= 4 is 21.6 Å². The van der Waals surface area contributed by atoms with Gasteiger partial charge in [0.15, 0.2) is 0 Å². The molecule has 0 saturated carbocycles. The van der Waals surface area contributed by atoms with Crippen molar-refractivity contribution in [1.82, 2.24) is 14.5 Å². The second-order valence-corrected chi connectivity index (χ2v) is 9.67. The molecule has 2 aliphatic heterocycles. The molecule has 2 aliphatic rings. The summed E-state index contributed by atoms with van der Waals surface area (Å²) in [6.07, 6.45) is 0.677. The summed E-state index contributed by atoms with van der Waals surface area (Å²) in [4.78, 5) is 18.6. The smallest absolute Gasteiger partial charge is 0.240 e. The number of fused-ring (bicyclic) bond motifs is 1. The van der Waals surface area contributed by atoms with Crippen molar-refractivity contribution in [1.29, 1.82) is 0 Å². The van der Waals surface area contributed by atoms with E-state index in [9.17, 15) is 13.2 Å². The van der Waals surface area contributed by atoms with Crippen LogP contribution in [0.1, 0.15) is 33.3 Å². The van der Waals surface area contributed by atoms with Crippen molar-refractivity contribution in [3.63, 3.8) is 0 Å². The van der Waals surface area contributed by atoms with Gasteiger partial charge in [-0.2, -0.15) is 0 Å². The first-order valence-electron chi connectivity index (χ1n) is 10.1. The summed E-state index contributed by atoms with van der Waals surface area (Å²) in [5.41, 5.74) is 1.73. The van der Waals surface area contributed by atoms with Gasteiger partial charge in [0.1, 0.15) is 0 Å². The number of amides is 1. The number of piperazine rings is 1. The van der Waals surface area contributed by atoms with E-state index in [4.69, 9.17) is 0 Å². The maximum atomic E-state index is 12.8. The van der Waals surface area contributed by atoms with Gasteiger partial charge in [-0.15, -0.1) is 0 Å². The molecule has 156 valence electrons. The lowest BCUT2D eigenvalue weighted by molar-refractivity contribution is -0.116. The molecule has 8 heteroatoms. The Hall–Kier alpha value is -1.48. The van der Waals surface area contributed by atoms with Gasteiger partial charge < -0.3 is 9.80 Å². The van der Waals surface area contributed by atoms with Crippen LogP contribution in [-0.4, -0.2) is 75.5 Å².